The summed E-state index contributed by atoms with van der Waals surface area (Å²) < 4.78 is 69.2. The van der Waals surface area contributed by atoms with Gasteiger partial charge in [0.25, 0.3) is 5.91 Å². The van der Waals surface area contributed by atoms with Gasteiger partial charge in [-0.05, 0) is 55.7 Å². The summed E-state index contributed by atoms with van der Waals surface area (Å²) in [6.07, 6.45) is -5.36. The van der Waals surface area contributed by atoms with Gasteiger partial charge in [0.1, 0.15) is 5.52 Å². The first kappa shape index (κ1) is 23.7. The maximum Gasteiger partial charge on any atom is 0.463 e. The van der Waals surface area contributed by atoms with Crippen molar-refractivity contribution < 1.29 is 36.0 Å². The van der Waals surface area contributed by atoms with Gasteiger partial charge in [0.05, 0.1) is 0 Å². The van der Waals surface area contributed by atoms with Crippen molar-refractivity contribution >= 4 is 22.9 Å². The number of aromatic nitrogens is 1. The van der Waals surface area contributed by atoms with Crippen molar-refractivity contribution in [3.8, 4) is 11.5 Å². The second kappa shape index (κ2) is 8.69. The molecule has 2 atom stereocenters. The van der Waals surface area contributed by atoms with Crippen molar-refractivity contribution in [2.24, 2.45) is 0 Å². The first-order valence-electron chi connectivity index (χ1n) is 10.5. The summed E-state index contributed by atoms with van der Waals surface area (Å²) in [5.74, 6) is -7.79. The Kier molecular flexibility index (Phi) is 6.05. The Morgan fingerprint density at radius 2 is 1.71 bits per heavy atom. The van der Waals surface area contributed by atoms with Crippen LogP contribution in [-0.4, -0.2) is 52.9 Å². The number of rotatable bonds is 5. The fourth-order valence-corrected chi connectivity index (χ4v) is 3.97. The molecule has 1 aliphatic rings. The van der Waals surface area contributed by atoms with E-state index >= 15 is 0 Å². The van der Waals surface area contributed by atoms with Crippen LogP contribution in [0.25, 0.3) is 22.6 Å². The smallest absolute Gasteiger partial charge is 0.436 e. The average Bonchev–Trinajstić information content (AvgIpc) is 3.44. The Hall–Kier alpha value is -3.50. The molecule has 4 rings (SSSR count). The Bertz CT molecular complexity index is 1170. The van der Waals surface area contributed by atoms with Gasteiger partial charge < -0.3 is 14.6 Å². The third-order valence-corrected chi connectivity index (χ3v) is 5.92. The lowest BCUT2D eigenvalue weighted by molar-refractivity contribution is -0.270. The van der Waals surface area contributed by atoms with Crippen LogP contribution in [0.5, 0.6) is 0 Å². The van der Waals surface area contributed by atoms with Gasteiger partial charge in [0.2, 0.25) is 5.89 Å². The number of para-hydroxylation sites is 2. The summed E-state index contributed by atoms with van der Waals surface area (Å²) in [5, 5.41) is 1.76. The molecule has 0 saturated heterocycles. The number of hydrogen-bond acceptors (Lipinski definition) is 4. The van der Waals surface area contributed by atoms with Gasteiger partial charge in [-0.3, -0.25) is 9.59 Å². The van der Waals surface area contributed by atoms with E-state index in [4.69, 9.17) is 4.42 Å². The van der Waals surface area contributed by atoms with Crippen molar-refractivity contribution in [2.75, 3.05) is 7.05 Å². The molecule has 1 aliphatic carbocycles. The molecule has 0 aliphatic heterocycles. The number of amides is 2. The number of hydrogen-bond donors (Lipinski definition) is 1. The Morgan fingerprint density at radius 1 is 1.03 bits per heavy atom. The van der Waals surface area contributed by atoms with E-state index in [9.17, 15) is 31.5 Å². The first-order valence-corrected chi connectivity index (χ1v) is 10.5. The van der Waals surface area contributed by atoms with Crippen LogP contribution in [0, 0.1) is 0 Å². The predicted molar refractivity (Wildman–Crippen MR) is 112 cm³/mol. The second-order valence-electron chi connectivity index (χ2n) is 8.19. The summed E-state index contributed by atoms with van der Waals surface area (Å²) in [6.45, 7) is 0. The zero-order valence-electron chi connectivity index (χ0n) is 17.9. The molecule has 34 heavy (non-hydrogen) atoms. The van der Waals surface area contributed by atoms with E-state index in [-0.39, 0.29) is 18.7 Å². The fraction of sp³-hybridized carbons (Fsp3) is 0.348. The molecule has 2 amide bonds. The minimum absolute atomic E-state index is 0.0723. The van der Waals surface area contributed by atoms with Gasteiger partial charge in [0, 0.05) is 30.3 Å². The van der Waals surface area contributed by atoms with Gasteiger partial charge in [-0.2, -0.15) is 22.0 Å². The quantitative estimate of drug-likeness (QED) is 0.532. The molecule has 1 N–H and O–H groups in total. The summed E-state index contributed by atoms with van der Waals surface area (Å²) in [4.78, 5) is 30.1. The fourth-order valence-electron chi connectivity index (χ4n) is 3.97. The molecule has 11 heteroatoms. The number of alkyl halides is 5. The van der Waals surface area contributed by atoms with Crippen LogP contribution in [0.1, 0.15) is 29.6 Å². The van der Waals surface area contributed by atoms with Crippen LogP contribution in [0.15, 0.2) is 52.9 Å². The van der Waals surface area contributed by atoms with E-state index in [2.05, 4.69) is 4.98 Å². The Morgan fingerprint density at radius 3 is 2.35 bits per heavy atom. The van der Waals surface area contributed by atoms with Crippen molar-refractivity contribution in [1.29, 1.82) is 0 Å². The van der Waals surface area contributed by atoms with E-state index in [1.165, 1.54) is 11.9 Å². The van der Waals surface area contributed by atoms with Crippen LogP contribution in [-0.2, 0) is 4.79 Å². The Labute approximate surface area is 190 Å². The molecule has 1 saturated carbocycles. The third-order valence-electron chi connectivity index (χ3n) is 5.92. The first-order chi connectivity index (χ1) is 16.0. The molecule has 0 unspecified atom stereocenters. The largest absolute Gasteiger partial charge is 0.463 e. The maximum atomic E-state index is 13.2. The lowest BCUT2D eigenvalue weighted by Crippen LogP contribution is -2.52. The van der Waals surface area contributed by atoms with Crippen LogP contribution in [0.2, 0.25) is 0 Å². The molecule has 1 aromatic heterocycles. The van der Waals surface area contributed by atoms with Gasteiger partial charge in [0.15, 0.2) is 5.58 Å². The highest BCUT2D eigenvalue weighted by Crippen LogP contribution is 2.36. The molecule has 1 fully saturated rings. The summed E-state index contributed by atoms with van der Waals surface area (Å²) in [6, 6.07) is 12.5. The minimum atomic E-state index is -5.97. The SMILES string of the molecule is CN(C(=O)c1ccc(-c2nc3ccccc3o2)cc1)[C@@H]1CC[C@H](NC(=O)C(F)(F)C(F)(F)F)C1. The maximum absolute atomic E-state index is 13.2. The van der Waals surface area contributed by atoms with Crippen LogP contribution < -0.4 is 5.32 Å². The number of nitrogens with zero attached hydrogens (tertiary/aromatic N) is 2. The van der Waals surface area contributed by atoms with Gasteiger partial charge in [-0.1, -0.05) is 12.1 Å². The topological polar surface area (TPSA) is 75.4 Å². The predicted octanol–water partition coefficient (Wildman–Crippen LogP) is 4.80. The molecule has 0 spiro atoms. The van der Waals surface area contributed by atoms with Crippen LogP contribution >= 0.6 is 0 Å². The van der Waals surface area contributed by atoms with Crippen molar-refractivity contribution in [2.45, 2.75) is 43.4 Å². The lowest BCUT2D eigenvalue weighted by atomic mass is 10.1. The lowest BCUT2D eigenvalue weighted by Gasteiger charge is -2.25. The zero-order valence-corrected chi connectivity index (χ0v) is 17.9. The molecule has 3 aromatic rings. The van der Waals surface area contributed by atoms with Crippen molar-refractivity contribution in [1.82, 2.24) is 15.2 Å². The monoisotopic (exact) mass is 481 g/mol. The number of fused-ring (bicyclic) bond motifs is 1. The highest BCUT2D eigenvalue weighted by Gasteiger charge is 2.63. The molecule has 1 heterocycles. The van der Waals surface area contributed by atoms with Gasteiger partial charge in [-0.25, -0.2) is 4.98 Å². The standard InChI is InChI=1S/C23H20F5N3O3/c1-31(16-11-10-15(12-16)29-21(33)22(24,25)23(26,27)28)20(32)14-8-6-13(7-9-14)19-30-17-4-2-3-5-18(17)34-19/h2-9,15-16H,10-12H2,1H3,(H,29,33)/t15-,16+/m0/s1. The highest BCUT2D eigenvalue weighted by molar-refractivity contribution is 5.94. The highest BCUT2D eigenvalue weighted by atomic mass is 19.4. The van der Waals surface area contributed by atoms with Gasteiger partial charge >= 0.3 is 18.0 Å². The number of halogens is 5. The normalized spacial score (nSPS) is 18.8. The van der Waals surface area contributed by atoms with E-state index in [1.807, 2.05) is 18.2 Å². The number of benzene rings is 2. The summed E-state index contributed by atoms with van der Waals surface area (Å²) >= 11 is 0. The summed E-state index contributed by atoms with van der Waals surface area (Å²) in [5.41, 5.74) is 2.37. The number of nitrogens with one attached hydrogen (secondary N) is 1. The number of oxazole rings is 1. The molecular formula is C23H20F5N3O3. The molecule has 2 aromatic carbocycles. The number of carbonyl (C=O) groups is 2. The summed E-state index contributed by atoms with van der Waals surface area (Å²) in [7, 11) is 1.52. The average molecular weight is 481 g/mol. The molecular weight excluding hydrogens is 461 g/mol. The van der Waals surface area contributed by atoms with E-state index in [0.717, 1.165) is 0 Å². The van der Waals surface area contributed by atoms with Crippen LogP contribution in [0.4, 0.5) is 22.0 Å². The van der Waals surface area contributed by atoms with Crippen molar-refractivity contribution in [3.05, 3.63) is 54.1 Å². The van der Waals surface area contributed by atoms with E-state index in [0.29, 0.717) is 34.5 Å². The third kappa shape index (κ3) is 4.46. The van der Waals surface area contributed by atoms with Gasteiger partial charge in [-0.15, -0.1) is 0 Å². The zero-order chi connectivity index (χ0) is 24.7. The Balaban J connectivity index is 1.38. The molecule has 6 nitrogen and oxygen atoms in total. The molecule has 0 bridgehead atoms. The second-order valence-corrected chi connectivity index (χ2v) is 8.19. The molecule has 0 radical (unpaired) electrons. The van der Waals surface area contributed by atoms with Crippen LogP contribution in [0.3, 0.4) is 0 Å². The van der Waals surface area contributed by atoms with E-state index < -0.39 is 30.1 Å². The molecule has 180 valence electrons. The minimum Gasteiger partial charge on any atom is -0.436 e. The van der Waals surface area contributed by atoms with E-state index in [1.54, 1.807) is 35.6 Å². The van der Waals surface area contributed by atoms with Crippen molar-refractivity contribution in [3.63, 3.8) is 0 Å². The number of carbonyl (C=O) groups excluding carboxylic acids is 2.